The molecule has 0 spiro atoms. The first-order valence-corrected chi connectivity index (χ1v) is 18.7. The van der Waals surface area contributed by atoms with E-state index >= 15 is 0 Å². The highest BCUT2D eigenvalue weighted by molar-refractivity contribution is 6.17. The molecule has 0 aliphatic heterocycles. The molecule has 0 aliphatic rings. The molecule has 5 nitrogen and oxygen atoms in total. The third-order valence-corrected chi connectivity index (χ3v) is 10.6. The molecule has 7 aromatic carbocycles. The number of hydrogen-bond acceptors (Lipinski definition) is 5. The van der Waals surface area contributed by atoms with Crippen molar-refractivity contribution in [2.45, 2.75) is 0 Å². The second-order valence-electron chi connectivity index (χ2n) is 14.0. The van der Waals surface area contributed by atoms with Gasteiger partial charge in [0, 0.05) is 55.6 Å². The Hall–Kier alpha value is -7.63. The molecule has 0 atom stereocenters. The summed E-state index contributed by atoms with van der Waals surface area (Å²) in [6.45, 7) is 0. The Labute approximate surface area is 322 Å². The fraction of sp³-hybridized carbons (Fsp3) is 0. The van der Waals surface area contributed by atoms with Crippen molar-refractivity contribution in [2.24, 2.45) is 0 Å². The van der Waals surface area contributed by atoms with Crippen molar-refractivity contribution in [3.8, 4) is 67.4 Å². The Balaban J connectivity index is 1.00. The van der Waals surface area contributed by atoms with Crippen molar-refractivity contribution in [3.63, 3.8) is 0 Å². The van der Waals surface area contributed by atoms with Crippen LogP contribution in [-0.2, 0) is 0 Å². The molecule has 0 aliphatic carbocycles. The zero-order valence-corrected chi connectivity index (χ0v) is 30.1. The molecule has 0 saturated carbocycles. The third kappa shape index (κ3) is 5.45. The number of pyridine rings is 1. The predicted octanol–water partition coefficient (Wildman–Crippen LogP) is 13.7. The molecule has 11 rings (SSSR count). The van der Waals surface area contributed by atoms with Gasteiger partial charge in [-0.2, -0.15) is 0 Å². The normalized spacial score (nSPS) is 11.6. The van der Waals surface area contributed by atoms with E-state index in [9.17, 15) is 0 Å². The van der Waals surface area contributed by atoms with Gasteiger partial charge < -0.3 is 8.83 Å². The molecule has 0 unspecified atom stereocenters. The molecule has 0 bridgehead atoms. The first-order valence-electron chi connectivity index (χ1n) is 18.7. The van der Waals surface area contributed by atoms with E-state index in [1.165, 1.54) is 0 Å². The smallest absolute Gasteiger partial charge is 0.160 e. The minimum absolute atomic E-state index is 0.680. The number of nitrogens with zero attached hydrogens (tertiary/aromatic N) is 3. The van der Waals surface area contributed by atoms with Gasteiger partial charge in [-0.15, -0.1) is 0 Å². The van der Waals surface area contributed by atoms with E-state index in [0.29, 0.717) is 5.82 Å². The molecular weight excluding hydrogens is 687 g/mol. The number of hydrogen-bond donors (Lipinski definition) is 0. The van der Waals surface area contributed by atoms with Crippen molar-refractivity contribution >= 4 is 43.9 Å². The van der Waals surface area contributed by atoms with Gasteiger partial charge in [0.2, 0.25) is 0 Å². The first-order chi connectivity index (χ1) is 27.7. The van der Waals surface area contributed by atoms with Gasteiger partial charge in [-0.3, -0.25) is 4.98 Å². The van der Waals surface area contributed by atoms with Crippen LogP contribution in [0, 0.1) is 0 Å². The summed E-state index contributed by atoms with van der Waals surface area (Å²) in [5.41, 5.74) is 14.4. The highest BCUT2D eigenvalue weighted by Gasteiger charge is 2.19. The van der Waals surface area contributed by atoms with E-state index in [4.69, 9.17) is 18.8 Å². The van der Waals surface area contributed by atoms with Gasteiger partial charge in [-0.05, 0) is 65.2 Å². The Morgan fingerprint density at radius 3 is 1.62 bits per heavy atom. The maximum absolute atomic E-state index is 6.66. The lowest BCUT2D eigenvalue weighted by Gasteiger charge is -2.11. The van der Waals surface area contributed by atoms with Crippen molar-refractivity contribution in [1.82, 2.24) is 15.0 Å². The van der Waals surface area contributed by atoms with E-state index in [2.05, 4.69) is 120 Å². The first kappa shape index (κ1) is 31.9. The van der Waals surface area contributed by atoms with Gasteiger partial charge in [0.1, 0.15) is 22.3 Å². The van der Waals surface area contributed by atoms with Crippen LogP contribution < -0.4 is 0 Å². The van der Waals surface area contributed by atoms with Crippen LogP contribution in [0.25, 0.3) is 111 Å². The number of aromatic nitrogens is 3. The lowest BCUT2D eigenvalue weighted by Crippen LogP contribution is -1.96. The number of benzene rings is 7. The van der Waals surface area contributed by atoms with Crippen molar-refractivity contribution in [1.29, 1.82) is 0 Å². The molecule has 0 fully saturated rings. The quantitative estimate of drug-likeness (QED) is 0.171. The van der Waals surface area contributed by atoms with Crippen molar-refractivity contribution < 1.29 is 8.83 Å². The number of fused-ring (bicyclic) bond motifs is 6. The standard InChI is InChI=1S/C51H31N3O2/c1-2-10-36(11-3-1)51-53-44(31-45(54-51)35-23-21-33(22-24-35)43-14-8-9-29-52-43)34-19-17-32(18-20-34)38-27-28-39(50-49(38)42-13-5-7-16-47(42)56-50)37-25-26-41-40-12-4-6-15-46(40)55-48(41)30-37/h1-31H. The maximum atomic E-state index is 6.66. The average molecular weight is 718 g/mol. The lowest BCUT2D eigenvalue weighted by atomic mass is 9.93. The maximum Gasteiger partial charge on any atom is 0.160 e. The summed E-state index contributed by atoms with van der Waals surface area (Å²) >= 11 is 0. The van der Waals surface area contributed by atoms with Gasteiger partial charge in [-0.25, -0.2) is 9.97 Å². The SMILES string of the molecule is c1ccc(-c2nc(-c3ccc(-c4ccccn4)cc3)cc(-c3ccc(-c4ccc(-c5ccc6c(c5)oc5ccccc56)c5oc6ccccc6c45)cc3)n2)cc1. The summed E-state index contributed by atoms with van der Waals surface area (Å²) in [6, 6.07) is 62.5. The summed E-state index contributed by atoms with van der Waals surface area (Å²) in [5, 5.41) is 4.38. The van der Waals surface area contributed by atoms with Crippen LogP contribution in [0.1, 0.15) is 0 Å². The highest BCUT2D eigenvalue weighted by atomic mass is 16.3. The zero-order chi connectivity index (χ0) is 37.0. The molecule has 11 aromatic rings. The fourth-order valence-corrected chi connectivity index (χ4v) is 7.81. The summed E-state index contributed by atoms with van der Waals surface area (Å²) < 4.78 is 12.9. The average Bonchev–Trinajstić information content (AvgIpc) is 3.85. The van der Waals surface area contributed by atoms with E-state index in [1.807, 2.05) is 72.9 Å². The number of para-hydroxylation sites is 2. The summed E-state index contributed by atoms with van der Waals surface area (Å²) in [7, 11) is 0. The van der Waals surface area contributed by atoms with Gasteiger partial charge >= 0.3 is 0 Å². The molecule has 262 valence electrons. The molecule has 4 heterocycles. The van der Waals surface area contributed by atoms with E-state index in [0.717, 1.165) is 105 Å². The van der Waals surface area contributed by atoms with Crippen LogP contribution >= 0.6 is 0 Å². The lowest BCUT2D eigenvalue weighted by molar-refractivity contribution is 0.668. The van der Waals surface area contributed by atoms with Crippen LogP contribution in [-0.4, -0.2) is 15.0 Å². The second-order valence-corrected chi connectivity index (χ2v) is 14.0. The van der Waals surface area contributed by atoms with Gasteiger partial charge in [0.25, 0.3) is 0 Å². The topological polar surface area (TPSA) is 65.0 Å². The number of furan rings is 2. The van der Waals surface area contributed by atoms with E-state index < -0.39 is 0 Å². The molecule has 0 radical (unpaired) electrons. The highest BCUT2D eigenvalue weighted by Crippen LogP contribution is 2.43. The summed E-state index contributed by atoms with van der Waals surface area (Å²) in [4.78, 5) is 14.6. The molecule has 5 heteroatoms. The molecule has 0 N–H and O–H groups in total. The van der Waals surface area contributed by atoms with Gasteiger partial charge in [0.15, 0.2) is 5.82 Å². The van der Waals surface area contributed by atoms with Crippen LogP contribution in [0.4, 0.5) is 0 Å². The molecule has 0 amide bonds. The van der Waals surface area contributed by atoms with Crippen LogP contribution in [0.3, 0.4) is 0 Å². The molecule has 56 heavy (non-hydrogen) atoms. The third-order valence-electron chi connectivity index (χ3n) is 10.6. The van der Waals surface area contributed by atoms with E-state index in [-0.39, 0.29) is 0 Å². The number of rotatable bonds is 6. The van der Waals surface area contributed by atoms with Gasteiger partial charge in [-0.1, -0.05) is 133 Å². The summed E-state index contributed by atoms with van der Waals surface area (Å²) in [5.74, 6) is 0.680. The minimum atomic E-state index is 0.680. The Morgan fingerprint density at radius 1 is 0.339 bits per heavy atom. The van der Waals surface area contributed by atoms with Crippen LogP contribution in [0.15, 0.2) is 197 Å². The van der Waals surface area contributed by atoms with Crippen LogP contribution in [0.5, 0.6) is 0 Å². The minimum Gasteiger partial charge on any atom is -0.456 e. The summed E-state index contributed by atoms with van der Waals surface area (Å²) in [6.07, 6.45) is 1.82. The second kappa shape index (κ2) is 13.0. The van der Waals surface area contributed by atoms with Crippen molar-refractivity contribution in [3.05, 3.63) is 188 Å². The Kier molecular flexibility index (Phi) is 7.42. The van der Waals surface area contributed by atoms with E-state index in [1.54, 1.807) is 0 Å². The Bertz CT molecular complexity index is 3220. The largest absolute Gasteiger partial charge is 0.456 e. The molecule has 4 aromatic heterocycles. The molecule has 0 saturated heterocycles. The van der Waals surface area contributed by atoms with Crippen molar-refractivity contribution in [2.75, 3.05) is 0 Å². The predicted molar refractivity (Wildman–Crippen MR) is 227 cm³/mol. The van der Waals surface area contributed by atoms with Gasteiger partial charge in [0.05, 0.1) is 17.1 Å². The zero-order valence-electron chi connectivity index (χ0n) is 30.1. The van der Waals surface area contributed by atoms with Crippen LogP contribution in [0.2, 0.25) is 0 Å². The Morgan fingerprint density at radius 2 is 0.911 bits per heavy atom. The monoisotopic (exact) mass is 717 g/mol. The fourth-order valence-electron chi connectivity index (χ4n) is 7.81. The molecular formula is C51H31N3O2.